The number of aromatic nitrogens is 1. The van der Waals surface area contributed by atoms with Gasteiger partial charge in [0.2, 0.25) is 5.91 Å². The van der Waals surface area contributed by atoms with E-state index >= 15 is 0 Å². The van der Waals surface area contributed by atoms with Crippen molar-refractivity contribution >= 4 is 23.2 Å². The molecule has 2 rings (SSSR count). The molecule has 0 fully saturated rings. The van der Waals surface area contributed by atoms with Crippen LogP contribution in [0.25, 0.3) is 0 Å². The van der Waals surface area contributed by atoms with Crippen LogP contribution in [0.1, 0.15) is 32.2 Å². The Kier molecular flexibility index (Phi) is 5.87. The van der Waals surface area contributed by atoms with Crippen molar-refractivity contribution in [1.82, 2.24) is 15.6 Å². The zero-order chi connectivity index (χ0) is 16.8. The quantitative estimate of drug-likeness (QED) is 0.852. The Hall–Kier alpha value is -2.21. The first-order valence-corrected chi connectivity index (χ1v) is 8.36. The smallest absolute Gasteiger partial charge is 0.251 e. The lowest BCUT2D eigenvalue weighted by molar-refractivity contribution is -0.120. The molecule has 6 heteroatoms. The Labute approximate surface area is 140 Å². The summed E-state index contributed by atoms with van der Waals surface area (Å²) in [5.74, 6) is -0.434. The molecule has 0 aliphatic carbocycles. The maximum absolute atomic E-state index is 12.1. The van der Waals surface area contributed by atoms with E-state index in [1.54, 1.807) is 11.3 Å². The largest absolute Gasteiger partial charge is 0.354 e. The third-order valence-corrected chi connectivity index (χ3v) is 4.09. The molecule has 2 amide bonds. The highest BCUT2D eigenvalue weighted by atomic mass is 32.1. The van der Waals surface area contributed by atoms with Crippen LogP contribution in [-0.2, 0) is 11.2 Å². The molecule has 0 unspecified atom stereocenters. The highest BCUT2D eigenvalue weighted by Crippen LogP contribution is 2.09. The number of carbonyl (C=O) groups is 2. The average molecular weight is 331 g/mol. The van der Waals surface area contributed by atoms with Gasteiger partial charge in [-0.25, -0.2) is 4.98 Å². The molecule has 0 saturated carbocycles. The number of benzene rings is 1. The summed E-state index contributed by atoms with van der Waals surface area (Å²) in [7, 11) is 0. The van der Waals surface area contributed by atoms with E-state index < -0.39 is 0 Å². The fourth-order valence-corrected chi connectivity index (χ4v) is 2.93. The summed E-state index contributed by atoms with van der Waals surface area (Å²) in [5, 5.41) is 8.43. The van der Waals surface area contributed by atoms with Gasteiger partial charge in [0.15, 0.2) is 0 Å². The van der Waals surface area contributed by atoms with Crippen LogP contribution in [0.4, 0.5) is 0 Å². The molecule has 1 aromatic heterocycles. The molecule has 0 aliphatic rings. The van der Waals surface area contributed by atoms with Crippen molar-refractivity contribution in [2.24, 2.45) is 0 Å². The molecular weight excluding hydrogens is 310 g/mol. The highest BCUT2D eigenvalue weighted by molar-refractivity contribution is 7.09. The van der Waals surface area contributed by atoms with Crippen LogP contribution in [0.15, 0.2) is 23.6 Å². The Balaban J connectivity index is 1.74. The lowest BCUT2D eigenvalue weighted by Gasteiger charge is -2.08. The van der Waals surface area contributed by atoms with Crippen molar-refractivity contribution in [3.05, 3.63) is 51.0 Å². The Morgan fingerprint density at radius 3 is 2.39 bits per heavy atom. The van der Waals surface area contributed by atoms with Gasteiger partial charge in [0.1, 0.15) is 0 Å². The van der Waals surface area contributed by atoms with Gasteiger partial charge in [0.25, 0.3) is 5.91 Å². The second kappa shape index (κ2) is 7.87. The van der Waals surface area contributed by atoms with Crippen LogP contribution in [0.3, 0.4) is 0 Å². The predicted octanol–water partition coefficient (Wildman–Crippen LogP) is 2.16. The van der Waals surface area contributed by atoms with Crippen LogP contribution >= 0.6 is 11.3 Å². The number of hydrogen-bond acceptors (Lipinski definition) is 4. The summed E-state index contributed by atoms with van der Waals surface area (Å²) in [4.78, 5) is 28.2. The zero-order valence-corrected chi connectivity index (χ0v) is 14.4. The van der Waals surface area contributed by atoms with Gasteiger partial charge in [-0.2, -0.15) is 0 Å². The zero-order valence-electron chi connectivity index (χ0n) is 13.6. The molecule has 0 radical (unpaired) electrons. The van der Waals surface area contributed by atoms with Gasteiger partial charge < -0.3 is 10.6 Å². The number of hydrogen-bond donors (Lipinski definition) is 2. The van der Waals surface area contributed by atoms with Crippen molar-refractivity contribution in [2.45, 2.75) is 27.2 Å². The minimum atomic E-state index is -0.234. The van der Waals surface area contributed by atoms with Crippen molar-refractivity contribution in [3.8, 4) is 0 Å². The number of thiazole rings is 1. The number of rotatable bonds is 6. The molecule has 5 nitrogen and oxygen atoms in total. The van der Waals surface area contributed by atoms with E-state index in [9.17, 15) is 9.59 Å². The number of carbonyl (C=O) groups excluding carboxylic acids is 2. The normalized spacial score (nSPS) is 10.4. The van der Waals surface area contributed by atoms with E-state index in [0.717, 1.165) is 21.8 Å². The lowest BCUT2D eigenvalue weighted by atomic mass is 10.1. The monoisotopic (exact) mass is 331 g/mol. The minimum absolute atomic E-state index is 0.0259. The number of aryl methyl sites for hydroxylation is 3. The number of nitrogens with one attached hydrogen (secondary N) is 2. The van der Waals surface area contributed by atoms with Crippen LogP contribution in [0, 0.1) is 20.8 Å². The Bertz CT molecular complexity index is 689. The number of nitrogens with zero attached hydrogens (tertiary/aromatic N) is 1. The van der Waals surface area contributed by atoms with Crippen LogP contribution in [-0.4, -0.2) is 29.9 Å². The van der Waals surface area contributed by atoms with Crippen LogP contribution < -0.4 is 10.6 Å². The van der Waals surface area contributed by atoms with Gasteiger partial charge >= 0.3 is 0 Å². The fraction of sp³-hybridized carbons (Fsp3) is 0.353. The van der Waals surface area contributed by atoms with Gasteiger partial charge in [0, 0.05) is 23.9 Å². The van der Waals surface area contributed by atoms with Crippen LogP contribution in [0.2, 0.25) is 0 Å². The number of amides is 2. The standard InChI is InChI=1S/C17H21N3O2S/c1-11-6-12(2)8-14(7-11)17(22)19-9-16(21)18-5-4-15-10-23-13(3)20-15/h6-8,10H,4-5,9H2,1-3H3,(H,18,21)(H,19,22). The van der Waals surface area contributed by atoms with Gasteiger partial charge in [-0.3, -0.25) is 9.59 Å². The summed E-state index contributed by atoms with van der Waals surface area (Å²) in [6, 6.07) is 5.62. The lowest BCUT2D eigenvalue weighted by Crippen LogP contribution is -2.37. The Morgan fingerprint density at radius 2 is 1.78 bits per heavy atom. The molecule has 23 heavy (non-hydrogen) atoms. The molecule has 0 atom stereocenters. The first-order valence-electron chi connectivity index (χ1n) is 7.48. The Morgan fingerprint density at radius 1 is 1.09 bits per heavy atom. The summed E-state index contributed by atoms with van der Waals surface area (Å²) >= 11 is 1.60. The summed E-state index contributed by atoms with van der Waals surface area (Å²) in [5.41, 5.74) is 3.61. The highest BCUT2D eigenvalue weighted by Gasteiger charge is 2.09. The predicted molar refractivity (Wildman–Crippen MR) is 91.8 cm³/mol. The van der Waals surface area contributed by atoms with E-state index in [4.69, 9.17) is 0 Å². The first kappa shape index (κ1) is 17.1. The molecule has 2 aromatic rings. The molecule has 2 N–H and O–H groups in total. The third-order valence-electron chi connectivity index (χ3n) is 3.26. The summed E-state index contributed by atoms with van der Waals surface area (Å²) in [6.45, 7) is 6.33. The molecule has 0 bridgehead atoms. The van der Waals surface area contributed by atoms with E-state index in [2.05, 4.69) is 15.6 Å². The van der Waals surface area contributed by atoms with Crippen molar-refractivity contribution < 1.29 is 9.59 Å². The maximum Gasteiger partial charge on any atom is 0.251 e. The van der Waals surface area contributed by atoms with Crippen molar-refractivity contribution in [1.29, 1.82) is 0 Å². The molecule has 0 spiro atoms. The first-order chi connectivity index (χ1) is 10.9. The molecular formula is C17H21N3O2S. The summed E-state index contributed by atoms with van der Waals surface area (Å²) < 4.78 is 0. The fourth-order valence-electron chi connectivity index (χ4n) is 2.28. The van der Waals surface area contributed by atoms with E-state index in [0.29, 0.717) is 18.5 Å². The van der Waals surface area contributed by atoms with Crippen molar-refractivity contribution in [3.63, 3.8) is 0 Å². The average Bonchev–Trinajstić information content (AvgIpc) is 2.89. The second-order valence-electron chi connectivity index (χ2n) is 5.52. The van der Waals surface area contributed by atoms with E-state index in [1.807, 2.05) is 44.4 Å². The van der Waals surface area contributed by atoms with Gasteiger partial charge in [-0.15, -0.1) is 11.3 Å². The van der Waals surface area contributed by atoms with E-state index in [1.165, 1.54) is 0 Å². The van der Waals surface area contributed by atoms with Crippen LogP contribution in [0.5, 0.6) is 0 Å². The third kappa shape index (κ3) is 5.49. The van der Waals surface area contributed by atoms with Crippen molar-refractivity contribution in [2.75, 3.05) is 13.1 Å². The maximum atomic E-state index is 12.1. The molecule has 0 saturated heterocycles. The molecule has 0 aliphatic heterocycles. The SMILES string of the molecule is Cc1cc(C)cc(C(=O)NCC(=O)NCCc2csc(C)n2)c1. The molecule has 122 valence electrons. The topological polar surface area (TPSA) is 71.1 Å². The van der Waals surface area contributed by atoms with Gasteiger partial charge in [-0.1, -0.05) is 17.2 Å². The van der Waals surface area contributed by atoms with Gasteiger partial charge in [0.05, 0.1) is 17.2 Å². The van der Waals surface area contributed by atoms with E-state index in [-0.39, 0.29) is 18.4 Å². The summed E-state index contributed by atoms with van der Waals surface area (Å²) in [6.07, 6.45) is 0.696. The van der Waals surface area contributed by atoms with Gasteiger partial charge in [-0.05, 0) is 32.9 Å². The minimum Gasteiger partial charge on any atom is -0.354 e. The second-order valence-corrected chi connectivity index (χ2v) is 6.58. The molecule has 1 heterocycles. The molecule has 1 aromatic carbocycles.